The van der Waals surface area contributed by atoms with Crippen molar-refractivity contribution >= 4 is 11.7 Å². The van der Waals surface area contributed by atoms with Crippen molar-refractivity contribution < 1.29 is 9.32 Å². The smallest absolute Gasteiger partial charge is 0.321 e. The molecule has 1 N–H and O–H groups in total. The summed E-state index contributed by atoms with van der Waals surface area (Å²) in [6, 6.07) is 8.77. The van der Waals surface area contributed by atoms with Crippen molar-refractivity contribution in [3.05, 3.63) is 41.5 Å². The highest BCUT2D eigenvalue weighted by atomic mass is 16.5. The highest BCUT2D eigenvalue weighted by molar-refractivity contribution is 5.89. The zero-order chi connectivity index (χ0) is 16.9. The van der Waals surface area contributed by atoms with Crippen molar-refractivity contribution in [2.24, 2.45) is 0 Å². The molecule has 2 aromatic rings. The summed E-state index contributed by atoms with van der Waals surface area (Å²) in [6.45, 7) is 3.22. The lowest BCUT2D eigenvalue weighted by atomic mass is 9.97. The Bertz CT molecular complexity index is 764. The predicted molar refractivity (Wildman–Crippen MR) is 87.4 cm³/mol. The SMILES string of the molecule is CCc1nc([C@H]2CCCN(C(=O)Nc3cccc(C#N)c3)C2)no1. The largest absolute Gasteiger partial charge is 0.339 e. The second-order valence-electron chi connectivity index (χ2n) is 5.81. The third-order valence-corrected chi connectivity index (χ3v) is 4.10. The number of likely N-dealkylation sites (tertiary alicyclic amines) is 1. The summed E-state index contributed by atoms with van der Waals surface area (Å²) in [5.74, 6) is 1.40. The average molecular weight is 325 g/mol. The third kappa shape index (κ3) is 3.54. The van der Waals surface area contributed by atoms with Gasteiger partial charge in [0.05, 0.1) is 11.6 Å². The number of benzene rings is 1. The van der Waals surface area contributed by atoms with Gasteiger partial charge in [0.1, 0.15) is 0 Å². The molecule has 0 aliphatic carbocycles. The summed E-state index contributed by atoms with van der Waals surface area (Å²) < 4.78 is 5.17. The first-order chi connectivity index (χ1) is 11.7. The Balaban J connectivity index is 1.65. The fourth-order valence-electron chi connectivity index (χ4n) is 2.82. The number of hydrogen-bond acceptors (Lipinski definition) is 5. The minimum absolute atomic E-state index is 0.0963. The molecule has 124 valence electrons. The van der Waals surface area contributed by atoms with Crippen LogP contribution in [0.5, 0.6) is 0 Å². The molecule has 1 aliphatic heterocycles. The van der Waals surface area contributed by atoms with Gasteiger partial charge in [0.25, 0.3) is 0 Å². The molecule has 7 heteroatoms. The van der Waals surface area contributed by atoms with Crippen LogP contribution in [0.3, 0.4) is 0 Å². The molecular formula is C17H19N5O2. The van der Waals surface area contributed by atoms with E-state index in [2.05, 4.69) is 21.5 Å². The number of nitriles is 1. The number of piperidine rings is 1. The first-order valence-corrected chi connectivity index (χ1v) is 8.08. The molecule has 1 aromatic carbocycles. The van der Waals surface area contributed by atoms with Crippen LogP contribution in [-0.2, 0) is 6.42 Å². The van der Waals surface area contributed by atoms with Gasteiger partial charge in [-0.3, -0.25) is 0 Å². The number of urea groups is 1. The number of aromatic nitrogens is 2. The molecule has 2 amide bonds. The van der Waals surface area contributed by atoms with Gasteiger partial charge in [0.2, 0.25) is 5.89 Å². The van der Waals surface area contributed by atoms with Gasteiger partial charge in [-0.15, -0.1) is 0 Å². The lowest BCUT2D eigenvalue weighted by Gasteiger charge is -2.31. The summed E-state index contributed by atoms with van der Waals surface area (Å²) in [7, 11) is 0. The minimum atomic E-state index is -0.172. The highest BCUT2D eigenvalue weighted by Crippen LogP contribution is 2.25. The van der Waals surface area contributed by atoms with Gasteiger partial charge >= 0.3 is 6.03 Å². The van der Waals surface area contributed by atoms with Crippen molar-refractivity contribution in [3.63, 3.8) is 0 Å². The Morgan fingerprint density at radius 1 is 1.54 bits per heavy atom. The first-order valence-electron chi connectivity index (χ1n) is 8.08. The summed E-state index contributed by atoms with van der Waals surface area (Å²) in [4.78, 5) is 18.6. The molecule has 24 heavy (non-hydrogen) atoms. The average Bonchev–Trinajstić information content (AvgIpc) is 3.11. The molecule has 1 saturated heterocycles. The van der Waals surface area contributed by atoms with Crippen molar-refractivity contribution in [1.29, 1.82) is 5.26 Å². The van der Waals surface area contributed by atoms with Crippen LogP contribution in [-0.4, -0.2) is 34.2 Å². The third-order valence-electron chi connectivity index (χ3n) is 4.10. The van der Waals surface area contributed by atoms with E-state index in [0.717, 1.165) is 12.8 Å². The molecular weight excluding hydrogens is 306 g/mol. The van der Waals surface area contributed by atoms with E-state index in [4.69, 9.17) is 9.78 Å². The van der Waals surface area contributed by atoms with Crippen LogP contribution in [0.15, 0.2) is 28.8 Å². The molecule has 0 radical (unpaired) electrons. The topological polar surface area (TPSA) is 95.1 Å². The van der Waals surface area contributed by atoms with E-state index in [-0.39, 0.29) is 11.9 Å². The fourth-order valence-corrected chi connectivity index (χ4v) is 2.82. The van der Waals surface area contributed by atoms with Gasteiger partial charge in [-0.1, -0.05) is 18.1 Å². The fraction of sp³-hybridized carbons (Fsp3) is 0.412. The first kappa shape index (κ1) is 16.0. The van der Waals surface area contributed by atoms with Gasteiger partial charge in [-0.25, -0.2) is 4.79 Å². The lowest BCUT2D eigenvalue weighted by molar-refractivity contribution is 0.190. The van der Waals surface area contributed by atoms with E-state index in [0.29, 0.717) is 42.5 Å². The summed E-state index contributed by atoms with van der Waals surface area (Å²) in [5.41, 5.74) is 1.14. The highest BCUT2D eigenvalue weighted by Gasteiger charge is 2.28. The molecule has 0 unspecified atom stereocenters. The maximum Gasteiger partial charge on any atom is 0.321 e. The quantitative estimate of drug-likeness (QED) is 0.936. The lowest BCUT2D eigenvalue weighted by Crippen LogP contribution is -2.41. The van der Waals surface area contributed by atoms with Gasteiger partial charge in [0.15, 0.2) is 5.82 Å². The molecule has 0 spiro atoms. The molecule has 1 aliphatic rings. The number of carbonyl (C=O) groups excluding carboxylic acids is 1. The number of rotatable bonds is 3. The molecule has 1 atom stereocenters. The number of amides is 2. The minimum Gasteiger partial charge on any atom is -0.339 e. The van der Waals surface area contributed by atoms with Crippen molar-refractivity contribution in [2.45, 2.75) is 32.1 Å². The maximum atomic E-state index is 12.5. The van der Waals surface area contributed by atoms with E-state index in [1.807, 2.05) is 6.92 Å². The van der Waals surface area contributed by atoms with E-state index in [1.165, 1.54) is 0 Å². The van der Waals surface area contributed by atoms with Crippen LogP contribution in [0.25, 0.3) is 0 Å². The number of nitrogens with one attached hydrogen (secondary N) is 1. The number of carbonyl (C=O) groups is 1. The van der Waals surface area contributed by atoms with Crippen molar-refractivity contribution in [1.82, 2.24) is 15.0 Å². The van der Waals surface area contributed by atoms with Gasteiger partial charge in [0, 0.05) is 31.1 Å². The van der Waals surface area contributed by atoms with E-state index >= 15 is 0 Å². The van der Waals surface area contributed by atoms with Gasteiger partial charge < -0.3 is 14.7 Å². The maximum absolute atomic E-state index is 12.5. The van der Waals surface area contributed by atoms with Gasteiger partial charge in [-0.2, -0.15) is 10.2 Å². The number of anilines is 1. The Morgan fingerprint density at radius 2 is 2.42 bits per heavy atom. The standard InChI is InChI=1S/C17H19N5O2/c1-2-15-20-16(21-24-15)13-6-4-8-22(11-13)17(23)19-14-7-3-5-12(9-14)10-18/h3,5,7,9,13H,2,4,6,8,11H2,1H3,(H,19,23)/t13-/m0/s1. The molecule has 0 bridgehead atoms. The Kier molecular flexibility index (Phi) is 4.75. The second kappa shape index (κ2) is 7.13. The Labute approximate surface area is 140 Å². The normalized spacial score (nSPS) is 17.3. The number of hydrogen-bond donors (Lipinski definition) is 1. The van der Waals surface area contributed by atoms with E-state index < -0.39 is 0 Å². The molecule has 2 heterocycles. The van der Waals surface area contributed by atoms with Crippen LogP contribution in [0, 0.1) is 11.3 Å². The van der Waals surface area contributed by atoms with E-state index in [9.17, 15) is 4.79 Å². The van der Waals surface area contributed by atoms with Crippen molar-refractivity contribution in [2.75, 3.05) is 18.4 Å². The Morgan fingerprint density at radius 3 is 3.17 bits per heavy atom. The molecule has 1 aromatic heterocycles. The number of nitrogens with zero attached hydrogens (tertiary/aromatic N) is 4. The predicted octanol–water partition coefficient (Wildman–Crippen LogP) is 2.92. The molecule has 1 fully saturated rings. The number of aryl methyl sites for hydroxylation is 1. The van der Waals surface area contributed by atoms with Crippen LogP contribution in [0.2, 0.25) is 0 Å². The van der Waals surface area contributed by atoms with Crippen LogP contribution in [0.4, 0.5) is 10.5 Å². The molecule has 7 nitrogen and oxygen atoms in total. The summed E-state index contributed by atoms with van der Waals surface area (Å²) >= 11 is 0. The summed E-state index contributed by atoms with van der Waals surface area (Å²) in [6.07, 6.45) is 2.54. The van der Waals surface area contributed by atoms with Gasteiger partial charge in [-0.05, 0) is 31.0 Å². The Hall–Kier alpha value is -2.88. The molecule has 3 rings (SSSR count). The zero-order valence-corrected chi connectivity index (χ0v) is 13.5. The summed E-state index contributed by atoms with van der Waals surface area (Å²) in [5, 5.41) is 15.8. The van der Waals surface area contributed by atoms with Crippen LogP contribution < -0.4 is 5.32 Å². The van der Waals surface area contributed by atoms with E-state index in [1.54, 1.807) is 29.2 Å². The van der Waals surface area contributed by atoms with Crippen LogP contribution in [0.1, 0.15) is 43.0 Å². The zero-order valence-electron chi connectivity index (χ0n) is 13.5. The second-order valence-corrected chi connectivity index (χ2v) is 5.81. The van der Waals surface area contributed by atoms with Crippen LogP contribution >= 0.6 is 0 Å². The van der Waals surface area contributed by atoms with Crippen molar-refractivity contribution in [3.8, 4) is 6.07 Å². The monoisotopic (exact) mass is 325 g/mol. The molecule has 0 saturated carbocycles.